The second-order valence-electron chi connectivity index (χ2n) is 6.76. The quantitative estimate of drug-likeness (QED) is 0.712. The largest absolute Gasteiger partial charge is 0.497 e. The number of nitrogens with zero attached hydrogens (tertiary/aromatic N) is 4. The van der Waals surface area contributed by atoms with Gasteiger partial charge in [0.15, 0.2) is 0 Å². The van der Waals surface area contributed by atoms with E-state index in [1.54, 1.807) is 18.4 Å². The van der Waals surface area contributed by atoms with Crippen LogP contribution in [0, 0.1) is 0 Å². The average molecular weight is 398 g/mol. The van der Waals surface area contributed by atoms with Gasteiger partial charge in [0.25, 0.3) is 0 Å². The van der Waals surface area contributed by atoms with E-state index in [-0.39, 0.29) is 5.91 Å². The zero-order chi connectivity index (χ0) is 19.5. The number of anilines is 2. The highest BCUT2D eigenvalue weighted by molar-refractivity contribution is 7.16. The minimum absolute atomic E-state index is 0.193. The normalized spacial score (nSPS) is 14.5. The lowest BCUT2D eigenvalue weighted by atomic mass is 10.1. The Morgan fingerprint density at radius 3 is 2.61 bits per heavy atom. The van der Waals surface area contributed by atoms with Crippen LogP contribution in [0.25, 0.3) is 10.2 Å². The molecule has 1 amide bonds. The number of nitrogens with two attached hydrogens (primary N) is 1. The first kappa shape index (κ1) is 18.5. The third-order valence-corrected chi connectivity index (χ3v) is 5.85. The van der Waals surface area contributed by atoms with Gasteiger partial charge in [-0.3, -0.25) is 4.79 Å². The zero-order valence-corrected chi connectivity index (χ0v) is 16.6. The Morgan fingerprint density at radius 2 is 1.89 bits per heavy atom. The van der Waals surface area contributed by atoms with Crippen molar-refractivity contribution in [2.24, 2.45) is 0 Å². The number of methoxy groups -OCH3 is 1. The van der Waals surface area contributed by atoms with Gasteiger partial charge in [0.05, 0.1) is 12.5 Å². The van der Waals surface area contributed by atoms with Crippen LogP contribution in [0.15, 0.2) is 35.7 Å². The standard InChI is InChI=1S/C20H23N5O2S/c1-27-15-5-2-14(3-6-15)4-7-17(26)24-9-11-25(12-10-24)18-16-8-13-28-19(16)23-20(21)22-18/h2-3,5-6,8,13H,4,7,9-12H2,1H3,(H2,21,22,23). The van der Waals surface area contributed by atoms with Crippen LogP contribution < -0.4 is 15.4 Å². The van der Waals surface area contributed by atoms with Crippen LogP contribution in [0.4, 0.5) is 11.8 Å². The number of hydrogen-bond acceptors (Lipinski definition) is 7. The monoisotopic (exact) mass is 397 g/mol. The first-order valence-corrected chi connectivity index (χ1v) is 10.2. The van der Waals surface area contributed by atoms with Gasteiger partial charge in [-0.15, -0.1) is 11.3 Å². The predicted molar refractivity (Wildman–Crippen MR) is 112 cm³/mol. The lowest BCUT2D eigenvalue weighted by Crippen LogP contribution is -2.49. The summed E-state index contributed by atoms with van der Waals surface area (Å²) in [4.78, 5) is 26.4. The molecule has 1 aromatic carbocycles. The van der Waals surface area contributed by atoms with Crippen LogP contribution in [-0.4, -0.2) is 54.1 Å². The highest BCUT2D eigenvalue weighted by Gasteiger charge is 2.23. The highest BCUT2D eigenvalue weighted by atomic mass is 32.1. The third-order valence-electron chi connectivity index (χ3n) is 5.04. The summed E-state index contributed by atoms with van der Waals surface area (Å²) in [6, 6.07) is 9.90. The minimum atomic E-state index is 0.193. The Labute approximate surface area is 167 Å². The van der Waals surface area contributed by atoms with E-state index in [9.17, 15) is 4.79 Å². The fourth-order valence-corrected chi connectivity index (χ4v) is 4.23. The van der Waals surface area contributed by atoms with Crippen molar-refractivity contribution >= 4 is 39.2 Å². The number of aryl methyl sites for hydroxylation is 1. The lowest BCUT2D eigenvalue weighted by Gasteiger charge is -2.35. The number of rotatable bonds is 5. The van der Waals surface area contributed by atoms with Crippen molar-refractivity contribution in [1.82, 2.24) is 14.9 Å². The number of thiophene rings is 1. The SMILES string of the molecule is COc1ccc(CCC(=O)N2CCN(c3nc(N)nc4sccc34)CC2)cc1. The number of benzene rings is 1. The summed E-state index contributed by atoms with van der Waals surface area (Å²) in [6.45, 7) is 2.87. The van der Waals surface area contributed by atoms with Gasteiger partial charge in [-0.2, -0.15) is 4.98 Å². The fourth-order valence-electron chi connectivity index (χ4n) is 3.47. The maximum Gasteiger partial charge on any atom is 0.223 e. The predicted octanol–water partition coefficient (Wildman–Crippen LogP) is 2.56. The van der Waals surface area contributed by atoms with Gasteiger partial charge in [-0.05, 0) is 35.6 Å². The summed E-state index contributed by atoms with van der Waals surface area (Å²) < 4.78 is 5.17. The van der Waals surface area contributed by atoms with E-state index < -0.39 is 0 Å². The van der Waals surface area contributed by atoms with E-state index in [0.717, 1.165) is 46.9 Å². The smallest absolute Gasteiger partial charge is 0.223 e. The van der Waals surface area contributed by atoms with Crippen LogP contribution in [-0.2, 0) is 11.2 Å². The molecule has 1 aliphatic heterocycles. The second-order valence-corrected chi connectivity index (χ2v) is 7.66. The van der Waals surface area contributed by atoms with Gasteiger partial charge in [0, 0.05) is 32.6 Å². The first-order valence-electron chi connectivity index (χ1n) is 9.30. The molecular weight excluding hydrogens is 374 g/mol. The molecule has 4 rings (SSSR count). The number of aromatic nitrogens is 2. The van der Waals surface area contributed by atoms with Gasteiger partial charge >= 0.3 is 0 Å². The molecule has 8 heteroatoms. The summed E-state index contributed by atoms with van der Waals surface area (Å²) >= 11 is 1.56. The molecule has 1 aliphatic rings. The van der Waals surface area contributed by atoms with Crippen molar-refractivity contribution in [3.8, 4) is 5.75 Å². The van der Waals surface area contributed by atoms with Crippen LogP contribution in [0.1, 0.15) is 12.0 Å². The summed E-state index contributed by atoms with van der Waals surface area (Å²) in [6.07, 6.45) is 1.25. The van der Waals surface area contributed by atoms with Gasteiger partial charge < -0.3 is 20.3 Å². The molecule has 1 saturated heterocycles. The topological polar surface area (TPSA) is 84.6 Å². The Morgan fingerprint density at radius 1 is 1.14 bits per heavy atom. The van der Waals surface area contributed by atoms with Gasteiger partial charge in [0.2, 0.25) is 11.9 Å². The van der Waals surface area contributed by atoms with Crippen molar-refractivity contribution in [2.45, 2.75) is 12.8 Å². The molecule has 146 valence electrons. The van der Waals surface area contributed by atoms with E-state index >= 15 is 0 Å². The number of carbonyl (C=O) groups is 1. The molecule has 7 nitrogen and oxygen atoms in total. The molecular formula is C20H23N5O2S. The van der Waals surface area contributed by atoms with Crippen molar-refractivity contribution in [3.63, 3.8) is 0 Å². The summed E-state index contributed by atoms with van der Waals surface area (Å²) in [5.41, 5.74) is 7.01. The molecule has 2 N–H and O–H groups in total. The number of ether oxygens (including phenoxy) is 1. The molecule has 3 heterocycles. The van der Waals surface area contributed by atoms with Crippen LogP contribution in [0.3, 0.4) is 0 Å². The summed E-state index contributed by atoms with van der Waals surface area (Å²) in [5, 5.41) is 3.03. The molecule has 1 fully saturated rings. The molecule has 0 bridgehead atoms. The van der Waals surface area contributed by atoms with Gasteiger partial charge in [0.1, 0.15) is 16.4 Å². The summed E-state index contributed by atoms with van der Waals surface area (Å²) in [7, 11) is 1.65. The molecule has 0 atom stereocenters. The van der Waals surface area contributed by atoms with Crippen molar-refractivity contribution in [1.29, 1.82) is 0 Å². The van der Waals surface area contributed by atoms with Gasteiger partial charge in [-0.25, -0.2) is 4.98 Å². The molecule has 0 aliphatic carbocycles. The molecule has 28 heavy (non-hydrogen) atoms. The molecule has 0 spiro atoms. The first-order chi connectivity index (χ1) is 13.6. The molecule has 0 unspecified atom stereocenters. The van der Waals surface area contributed by atoms with E-state index in [2.05, 4.69) is 14.9 Å². The number of hydrogen-bond donors (Lipinski definition) is 1. The maximum atomic E-state index is 12.6. The summed E-state index contributed by atoms with van der Waals surface area (Å²) in [5.74, 6) is 2.19. The Balaban J connectivity index is 1.34. The minimum Gasteiger partial charge on any atom is -0.497 e. The number of amides is 1. The van der Waals surface area contributed by atoms with Crippen LogP contribution in [0.5, 0.6) is 5.75 Å². The highest BCUT2D eigenvalue weighted by Crippen LogP contribution is 2.29. The Hall–Kier alpha value is -2.87. The van der Waals surface area contributed by atoms with Crippen molar-refractivity contribution in [3.05, 3.63) is 41.3 Å². The molecule has 2 aromatic heterocycles. The van der Waals surface area contributed by atoms with Crippen molar-refractivity contribution in [2.75, 3.05) is 43.9 Å². The van der Waals surface area contributed by atoms with E-state index in [1.807, 2.05) is 40.6 Å². The number of carbonyl (C=O) groups excluding carboxylic acids is 1. The average Bonchev–Trinajstić information content (AvgIpc) is 3.20. The number of nitrogen functional groups attached to an aromatic ring is 1. The lowest BCUT2D eigenvalue weighted by molar-refractivity contribution is -0.131. The Bertz CT molecular complexity index is 964. The maximum absolute atomic E-state index is 12.6. The van der Waals surface area contributed by atoms with E-state index in [1.165, 1.54) is 0 Å². The third kappa shape index (κ3) is 3.87. The van der Waals surface area contributed by atoms with Crippen molar-refractivity contribution < 1.29 is 9.53 Å². The number of fused-ring (bicyclic) bond motifs is 1. The van der Waals surface area contributed by atoms with Crippen LogP contribution in [0.2, 0.25) is 0 Å². The van der Waals surface area contributed by atoms with Crippen LogP contribution >= 0.6 is 11.3 Å². The second kappa shape index (κ2) is 8.02. The fraction of sp³-hybridized carbons (Fsp3) is 0.350. The zero-order valence-electron chi connectivity index (χ0n) is 15.8. The van der Waals surface area contributed by atoms with E-state index in [0.29, 0.717) is 25.5 Å². The molecule has 3 aromatic rings. The van der Waals surface area contributed by atoms with Gasteiger partial charge in [-0.1, -0.05) is 12.1 Å². The van der Waals surface area contributed by atoms with E-state index in [4.69, 9.17) is 10.5 Å². The molecule has 0 radical (unpaired) electrons. The molecule has 0 saturated carbocycles. The Kier molecular flexibility index (Phi) is 5.29. The number of piperazine rings is 1.